The van der Waals surface area contributed by atoms with Crippen molar-refractivity contribution in [1.82, 2.24) is 19.7 Å². The third kappa shape index (κ3) is 3.25. The molecule has 0 radical (unpaired) electrons. The molecule has 8 heteroatoms. The van der Waals surface area contributed by atoms with E-state index in [0.717, 1.165) is 78.7 Å². The lowest BCUT2D eigenvalue weighted by molar-refractivity contribution is 0.109. The minimum absolute atomic E-state index is 0.0103. The minimum atomic E-state index is 0.0103. The van der Waals surface area contributed by atoms with Gasteiger partial charge in [-0.25, -0.2) is 14.6 Å². The molecule has 1 unspecified atom stereocenters. The summed E-state index contributed by atoms with van der Waals surface area (Å²) in [6, 6.07) is 2.01. The molecule has 1 fully saturated rings. The van der Waals surface area contributed by atoms with Gasteiger partial charge in [0.2, 0.25) is 0 Å². The van der Waals surface area contributed by atoms with Crippen molar-refractivity contribution in [1.29, 1.82) is 0 Å². The number of nitrogens with zero attached hydrogens (tertiary/aromatic N) is 5. The van der Waals surface area contributed by atoms with E-state index in [1.807, 2.05) is 11.8 Å². The number of ether oxygens (including phenoxy) is 1. The Hall–Kier alpha value is -1.93. The van der Waals surface area contributed by atoms with Crippen LogP contribution in [0.1, 0.15) is 35.4 Å². The molecule has 5 rings (SSSR count). The summed E-state index contributed by atoms with van der Waals surface area (Å²) >= 11 is 1.87. The van der Waals surface area contributed by atoms with Crippen LogP contribution in [0.25, 0.3) is 0 Å². The van der Waals surface area contributed by atoms with Crippen LogP contribution >= 0.6 is 11.8 Å². The molecule has 3 aliphatic heterocycles. The fourth-order valence-electron chi connectivity index (χ4n) is 4.28. The van der Waals surface area contributed by atoms with Crippen LogP contribution in [0.4, 0.5) is 5.82 Å². The van der Waals surface area contributed by atoms with Crippen LogP contribution in [0.5, 0.6) is 0 Å². The molecule has 3 aliphatic rings. The summed E-state index contributed by atoms with van der Waals surface area (Å²) in [7, 11) is 0. The van der Waals surface area contributed by atoms with Gasteiger partial charge < -0.3 is 9.64 Å². The highest BCUT2D eigenvalue weighted by Gasteiger charge is 2.30. The quantitative estimate of drug-likeness (QED) is 0.794. The fraction of sp³-hybridized carbons (Fsp3) is 0.579. The maximum Gasteiger partial charge on any atom is 0.267 e. The largest absolute Gasteiger partial charge is 0.376 e. The lowest BCUT2D eigenvalue weighted by Crippen LogP contribution is -2.39. The summed E-state index contributed by atoms with van der Waals surface area (Å²) in [6.07, 6.45) is 5.59. The molecule has 142 valence electrons. The summed E-state index contributed by atoms with van der Waals surface area (Å²) in [5.74, 6) is 2.96. The molecule has 1 saturated heterocycles. The average molecular weight is 385 g/mol. The third-order valence-corrected chi connectivity index (χ3v) is 6.69. The van der Waals surface area contributed by atoms with Gasteiger partial charge in [-0.05, 0) is 24.2 Å². The van der Waals surface area contributed by atoms with Gasteiger partial charge in [-0.2, -0.15) is 16.9 Å². The van der Waals surface area contributed by atoms with Crippen LogP contribution in [0.3, 0.4) is 0 Å². The molecule has 1 atom stereocenters. The summed E-state index contributed by atoms with van der Waals surface area (Å²) in [4.78, 5) is 23.9. The monoisotopic (exact) mass is 385 g/mol. The van der Waals surface area contributed by atoms with Gasteiger partial charge >= 0.3 is 0 Å². The first-order valence-corrected chi connectivity index (χ1v) is 10.8. The highest BCUT2D eigenvalue weighted by atomic mass is 32.2. The first kappa shape index (κ1) is 17.2. The second kappa shape index (κ2) is 7.24. The normalized spacial score (nSPS) is 21.8. The van der Waals surface area contributed by atoms with E-state index in [0.29, 0.717) is 13.2 Å². The van der Waals surface area contributed by atoms with Crippen molar-refractivity contribution >= 4 is 17.6 Å². The van der Waals surface area contributed by atoms with E-state index in [2.05, 4.69) is 14.9 Å². The van der Waals surface area contributed by atoms with Crippen LogP contribution in [0.15, 0.2) is 17.2 Å². The van der Waals surface area contributed by atoms with Crippen LogP contribution in [0, 0.1) is 0 Å². The number of thioether (sulfide) groups is 1. The highest BCUT2D eigenvalue weighted by Crippen LogP contribution is 2.30. The van der Waals surface area contributed by atoms with Crippen molar-refractivity contribution in [2.24, 2.45) is 0 Å². The van der Waals surface area contributed by atoms with Gasteiger partial charge in [0.05, 0.1) is 37.2 Å². The van der Waals surface area contributed by atoms with E-state index in [1.165, 1.54) is 0 Å². The van der Waals surface area contributed by atoms with Gasteiger partial charge in [0.1, 0.15) is 12.1 Å². The maximum absolute atomic E-state index is 12.6. The summed E-state index contributed by atoms with van der Waals surface area (Å²) < 4.78 is 7.32. The number of fused-ring (bicyclic) bond motifs is 2. The van der Waals surface area contributed by atoms with Crippen molar-refractivity contribution in [2.45, 2.75) is 50.6 Å². The van der Waals surface area contributed by atoms with E-state index in [1.54, 1.807) is 17.1 Å². The summed E-state index contributed by atoms with van der Waals surface area (Å²) in [6.45, 7) is 2.85. The second-order valence-corrected chi connectivity index (χ2v) is 8.46. The molecule has 27 heavy (non-hydrogen) atoms. The third-order valence-electron chi connectivity index (χ3n) is 5.68. The average Bonchev–Trinajstić information content (AvgIpc) is 3.16. The zero-order valence-electron chi connectivity index (χ0n) is 15.3. The highest BCUT2D eigenvalue weighted by molar-refractivity contribution is 7.98. The Bertz CT molecular complexity index is 915. The van der Waals surface area contributed by atoms with Gasteiger partial charge in [-0.15, -0.1) is 0 Å². The van der Waals surface area contributed by atoms with Crippen LogP contribution < -0.4 is 10.5 Å². The van der Waals surface area contributed by atoms with Crippen molar-refractivity contribution in [3.05, 3.63) is 45.3 Å². The number of anilines is 1. The number of rotatable bonds is 3. The van der Waals surface area contributed by atoms with Crippen molar-refractivity contribution in [3.63, 3.8) is 0 Å². The van der Waals surface area contributed by atoms with Crippen LogP contribution in [-0.4, -0.2) is 44.7 Å². The van der Waals surface area contributed by atoms with Gasteiger partial charge in [0, 0.05) is 36.8 Å². The zero-order chi connectivity index (χ0) is 18.2. The molecule has 7 nitrogen and oxygen atoms in total. The molecular formula is C19H23N5O2S. The van der Waals surface area contributed by atoms with E-state index < -0.39 is 0 Å². The molecule has 2 aromatic rings. The van der Waals surface area contributed by atoms with Gasteiger partial charge in [-0.3, -0.25) is 4.79 Å². The van der Waals surface area contributed by atoms with Crippen molar-refractivity contribution in [2.75, 3.05) is 23.8 Å². The lowest BCUT2D eigenvalue weighted by Gasteiger charge is -2.29. The number of aromatic nitrogens is 4. The van der Waals surface area contributed by atoms with Gasteiger partial charge in [-0.1, -0.05) is 0 Å². The molecule has 0 spiro atoms. The van der Waals surface area contributed by atoms with Gasteiger partial charge in [0.15, 0.2) is 0 Å². The first-order chi connectivity index (χ1) is 13.3. The second-order valence-electron chi connectivity index (χ2n) is 7.35. The molecule has 0 aromatic carbocycles. The molecule has 5 heterocycles. The Morgan fingerprint density at radius 1 is 1.26 bits per heavy atom. The molecule has 0 N–H and O–H groups in total. The SMILES string of the molecule is O=c1cc2c(nn1CC1CCCN1c1ncnc3c1COCC3)CCSC2. The van der Waals surface area contributed by atoms with E-state index in [9.17, 15) is 4.79 Å². The minimum Gasteiger partial charge on any atom is -0.376 e. The Morgan fingerprint density at radius 3 is 3.19 bits per heavy atom. The molecule has 0 amide bonds. The molecule has 0 aliphatic carbocycles. The number of aryl methyl sites for hydroxylation is 1. The van der Waals surface area contributed by atoms with Crippen LogP contribution in [0.2, 0.25) is 0 Å². The molecule has 0 saturated carbocycles. The van der Waals surface area contributed by atoms with Crippen molar-refractivity contribution in [3.8, 4) is 0 Å². The predicted molar refractivity (Wildman–Crippen MR) is 104 cm³/mol. The summed E-state index contributed by atoms with van der Waals surface area (Å²) in [5.41, 5.74) is 4.41. The Kier molecular flexibility index (Phi) is 4.61. The Labute approximate surface area is 162 Å². The molecular weight excluding hydrogens is 362 g/mol. The predicted octanol–water partition coefficient (Wildman–Crippen LogP) is 1.56. The standard InChI is InChI=1S/C19H23N5O2S/c25-18-8-13-11-27-7-4-16(13)22-24(18)9-14-2-1-5-23(14)19-15-10-26-6-3-17(15)20-12-21-19/h8,12,14H,1-7,9-11H2. The van der Waals surface area contributed by atoms with Crippen molar-refractivity contribution < 1.29 is 4.74 Å². The van der Waals surface area contributed by atoms with E-state index in [4.69, 9.17) is 9.84 Å². The zero-order valence-corrected chi connectivity index (χ0v) is 16.1. The fourth-order valence-corrected chi connectivity index (χ4v) is 5.23. The molecule has 2 aromatic heterocycles. The van der Waals surface area contributed by atoms with E-state index in [-0.39, 0.29) is 11.6 Å². The van der Waals surface area contributed by atoms with Crippen LogP contribution in [-0.2, 0) is 36.5 Å². The maximum atomic E-state index is 12.6. The Morgan fingerprint density at radius 2 is 2.22 bits per heavy atom. The van der Waals surface area contributed by atoms with E-state index >= 15 is 0 Å². The smallest absolute Gasteiger partial charge is 0.267 e. The number of hydrogen-bond acceptors (Lipinski definition) is 7. The first-order valence-electron chi connectivity index (χ1n) is 9.64. The molecule has 0 bridgehead atoms. The summed E-state index contributed by atoms with van der Waals surface area (Å²) in [5, 5.41) is 4.70. The Balaban J connectivity index is 1.44. The number of hydrogen-bond donors (Lipinski definition) is 0. The topological polar surface area (TPSA) is 73.1 Å². The van der Waals surface area contributed by atoms with Gasteiger partial charge in [0.25, 0.3) is 5.56 Å². The lowest BCUT2D eigenvalue weighted by atomic mass is 10.1.